The van der Waals surface area contributed by atoms with Crippen molar-refractivity contribution in [2.45, 2.75) is 5.41 Å². The molecule has 0 amide bonds. The Kier molecular flexibility index (Phi) is 7.32. The first-order valence-electron chi connectivity index (χ1n) is 22.0. The number of benzene rings is 10. The molecule has 0 bridgehead atoms. The average Bonchev–Trinajstić information content (AvgIpc) is 4.03. The van der Waals surface area contributed by atoms with E-state index in [0.717, 1.165) is 77.6 Å². The van der Waals surface area contributed by atoms with E-state index in [2.05, 4.69) is 223 Å². The minimum atomic E-state index is -0.684. The van der Waals surface area contributed by atoms with Gasteiger partial charge in [-0.1, -0.05) is 176 Å². The summed E-state index contributed by atoms with van der Waals surface area (Å²) in [6.45, 7) is 0. The van der Waals surface area contributed by atoms with Gasteiger partial charge in [-0.3, -0.25) is 0 Å². The summed E-state index contributed by atoms with van der Waals surface area (Å²) in [5.74, 6) is 0. The molecule has 0 saturated carbocycles. The lowest BCUT2D eigenvalue weighted by Crippen LogP contribution is -2.36. The Morgan fingerprint density at radius 3 is 1.50 bits per heavy atom. The van der Waals surface area contributed by atoms with Gasteiger partial charge in [0.2, 0.25) is 0 Å². The summed E-state index contributed by atoms with van der Waals surface area (Å²) in [6, 6.07) is 81.8. The number of nitrogens with zero attached hydrogens (tertiary/aromatic N) is 1. The van der Waals surface area contributed by atoms with Gasteiger partial charge in [0.25, 0.3) is 0 Å². The summed E-state index contributed by atoms with van der Waals surface area (Å²) in [7, 11) is 0. The van der Waals surface area contributed by atoms with Gasteiger partial charge in [0.15, 0.2) is 5.58 Å². The van der Waals surface area contributed by atoms with Crippen molar-refractivity contribution < 1.29 is 8.83 Å². The van der Waals surface area contributed by atoms with Gasteiger partial charge < -0.3 is 13.7 Å². The molecule has 3 nitrogen and oxygen atoms in total. The van der Waals surface area contributed by atoms with E-state index in [-0.39, 0.29) is 0 Å². The van der Waals surface area contributed by atoms with E-state index in [1.165, 1.54) is 50.1 Å². The van der Waals surface area contributed by atoms with Crippen LogP contribution in [0.15, 0.2) is 233 Å². The zero-order valence-electron chi connectivity index (χ0n) is 34.6. The zero-order valence-corrected chi connectivity index (χ0v) is 34.6. The van der Waals surface area contributed by atoms with Gasteiger partial charge >= 0.3 is 0 Å². The molecule has 1 aliphatic carbocycles. The van der Waals surface area contributed by atoms with Crippen LogP contribution in [0.5, 0.6) is 0 Å². The highest BCUT2D eigenvalue weighted by Gasteiger charge is 2.52. The molecule has 0 fully saturated rings. The summed E-state index contributed by atoms with van der Waals surface area (Å²) in [4.78, 5) is 2.47. The second kappa shape index (κ2) is 13.3. The highest BCUT2D eigenvalue weighted by atomic mass is 16.3. The summed E-state index contributed by atoms with van der Waals surface area (Å²) in [6.07, 6.45) is 0. The number of hydrogen-bond donors (Lipinski definition) is 0. The minimum Gasteiger partial charge on any atom is -0.456 e. The van der Waals surface area contributed by atoms with Crippen LogP contribution >= 0.6 is 0 Å². The average molecular weight is 816 g/mol. The highest BCUT2D eigenvalue weighted by molar-refractivity contribution is 6.14. The largest absolute Gasteiger partial charge is 0.456 e. The van der Waals surface area contributed by atoms with Crippen LogP contribution in [0.1, 0.15) is 22.3 Å². The third-order valence-electron chi connectivity index (χ3n) is 13.9. The van der Waals surface area contributed by atoms with Gasteiger partial charge in [-0.05, 0) is 115 Å². The molecule has 10 aromatic carbocycles. The van der Waals surface area contributed by atoms with E-state index < -0.39 is 5.41 Å². The van der Waals surface area contributed by atoms with Crippen LogP contribution in [0.4, 0.5) is 17.1 Å². The predicted molar refractivity (Wildman–Crippen MR) is 263 cm³/mol. The molecule has 3 heterocycles. The molecule has 298 valence electrons. The molecule has 2 aromatic heterocycles. The Morgan fingerprint density at radius 2 is 0.797 bits per heavy atom. The monoisotopic (exact) mass is 815 g/mol. The van der Waals surface area contributed by atoms with E-state index in [4.69, 9.17) is 8.83 Å². The topological polar surface area (TPSA) is 29.5 Å². The molecule has 0 atom stereocenters. The lowest BCUT2D eigenvalue weighted by molar-refractivity contribution is 0.668. The molecule has 14 rings (SSSR count). The Bertz CT molecular complexity index is 3820. The van der Waals surface area contributed by atoms with Crippen LogP contribution in [0.25, 0.3) is 88.4 Å². The first-order valence-corrected chi connectivity index (χ1v) is 22.0. The standard InChI is InChI=1S/C61H37NO2/c1-2-16-38(17-3-1)41-18-4-5-19-42(41)39-32-34-53-51(36-39)61(49-26-10-6-20-44(49)45-21-7-11-27-50(45)61)52-37-40(43-24-15-31-58-59(43)48-23-9-13-30-57(48)63-58)33-35-54(52)62(53)55-28-14-25-47-46-22-8-12-29-56(46)64-60(47)55/h1-37H. The third kappa shape index (κ3) is 4.76. The molecule has 3 heteroatoms. The van der Waals surface area contributed by atoms with Gasteiger partial charge in [-0.15, -0.1) is 0 Å². The second-order valence-corrected chi connectivity index (χ2v) is 17.1. The molecule has 0 saturated heterocycles. The lowest BCUT2D eigenvalue weighted by atomic mass is 9.64. The number of rotatable bonds is 4. The number of furan rings is 2. The van der Waals surface area contributed by atoms with Crippen molar-refractivity contribution in [3.05, 3.63) is 247 Å². The van der Waals surface area contributed by atoms with E-state index in [1.54, 1.807) is 0 Å². The van der Waals surface area contributed by atoms with E-state index in [0.29, 0.717) is 0 Å². The molecule has 2 aliphatic rings. The van der Waals surface area contributed by atoms with Gasteiger partial charge in [-0.25, -0.2) is 0 Å². The Hall–Kier alpha value is -8.40. The molecular weight excluding hydrogens is 779 g/mol. The summed E-state index contributed by atoms with van der Waals surface area (Å²) >= 11 is 0. The van der Waals surface area contributed by atoms with Crippen molar-refractivity contribution in [1.29, 1.82) is 0 Å². The summed E-state index contributed by atoms with van der Waals surface area (Å²) in [5.41, 5.74) is 20.6. The Morgan fingerprint density at radius 1 is 0.297 bits per heavy atom. The van der Waals surface area contributed by atoms with Crippen LogP contribution in [0, 0.1) is 0 Å². The van der Waals surface area contributed by atoms with E-state index in [9.17, 15) is 0 Å². The van der Waals surface area contributed by atoms with Crippen LogP contribution in [0.2, 0.25) is 0 Å². The highest BCUT2D eigenvalue weighted by Crippen LogP contribution is 2.65. The fourth-order valence-electron chi connectivity index (χ4n) is 11.3. The molecule has 64 heavy (non-hydrogen) atoms. The predicted octanol–water partition coefficient (Wildman–Crippen LogP) is 16.6. The van der Waals surface area contributed by atoms with Crippen molar-refractivity contribution in [3.8, 4) is 44.5 Å². The Balaban J connectivity index is 1.13. The van der Waals surface area contributed by atoms with Crippen molar-refractivity contribution in [3.63, 3.8) is 0 Å². The fraction of sp³-hybridized carbons (Fsp3) is 0.0164. The summed E-state index contributed by atoms with van der Waals surface area (Å²) < 4.78 is 13.4. The number of para-hydroxylation sites is 3. The van der Waals surface area contributed by atoms with Gasteiger partial charge in [0.1, 0.15) is 16.7 Å². The normalized spacial score (nSPS) is 13.4. The number of hydrogen-bond acceptors (Lipinski definition) is 3. The minimum absolute atomic E-state index is 0.684. The molecule has 0 N–H and O–H groups in total. The molecule has 0 radical (unpaired) electrons. The van der Waals surface area contributed by atoms with Gasteiger partial charge in [-0.2, -0.15) is 0 Å². The first-order chi connectivity index (χ1) is 31.8. The molecule has 1 spiro atoms. The van der Waals surface area contributed by atoms with Crippen molar-refractivity contribution in [2.24, 2.45) is 0 Å². The molecule has 12 aromatic rings. The number of anilines is 3. The zero-order chi connectivity index (χ0) is 41.9. The summed E-state index contributed by atoms with van der Waals surface area (Å²) in [5, 5.41) is 4.44. The van der Waals surface area contributed by atoms with Crippen molar-refractivity contribution in [2.75, 3.05) is 4.90 Å². The smallest absolute Gasteiger partial charge is 0.159 e. The fourth-order valence-corrected chi connectivity index (χ4v) is 11.3. The van der Waals surface area contributed by atoms with Crippen LogP contribution < -0.4 is 4.90 Å². The Labute approximate surface area is 369 Å². The maximum absolute atomic E-state index is 6.88. The maximum Gasteiger partial charge on any atom is 0.159 e. The molecule has 0 unspecified atom stereocenters. The van der Waals surface area contributed by atoms with Crippen molar-refractivity contribution >= 4 is 60.9 Å². The first kappa shape index (κ1) is 35.2. The third-order valence-corrected chi connectivity index (χ3v) is 13.9. The van der Waals surface area contributed by atoms with E-state index >= 15 is 0 Å². The van der Waals surface area contributed by atoms with Gasteiger partial charge in [0.05, 0.1) is 22.5 Å². The lowest BCUT2D eigenvalue weighted by Gasteiger charge is -2.45. The molecular formula is C61H37NO2. The van der Waals surface area contributed by atoms with Crippen molar-refractivity contribution in [1.82, 2.24) is 0 Å². The SMILES string of the molecule is c1ccc(-c2ccccc2-c2ccc3c(c2)C2(c4ccccc4-c4ccccc42)c2cc(-c4cccc5oc6ccccc6c45)ccc2N3c2cccc3c2oc2ccccc23)cc1. The second-order valence-electron chi connectivity index (χ2n) is 17.1. The molecule has 1 aliphatic heterocycles. The van der Waals surface area contributed by atoms with E-state index in [1.807, 2.05) is 6.07 Å². The number of fused-ring (bicyclic) bond motifs is 15. The quantitative estimate of drug-likeness (QED) is 0.177. The van der Waals surface area contributed by atoms with Crippen LogP contribution in [-0.2, 0) is 5.41 Å². The maximum atomic E-state index is 6.88. The van der Waals surface area contributed by atoms with Crippen LogP contribution in [-0.4, -0.2) is 0 Å². The van der Waals surface area contributed by atoms with Crippen LogP contribution in [0.3, 0.4) is 0 Å². The van der Waals surface area contributed by atoms with Gasteiger partial charge in [0, 0.05) is 21.5 Å².